The van der Waals surface area contributed by atoms with Crippen LogP contribution in [0.1, 0.15) is 62.2 Å². The molecule has 3 heterocycles. The minimum absolute atomic E-state index is 0.0171. The first-order valence-corrected chi connectivity index (χ1v) is 11.7. The van der Waals surface area contributed by atoms with E-state index in [0.29, 0.717) is 17.9 Å². The Morgan fingerprint density at radius 1 is 1.09 bits per heavy atom. The van der Waals surface area contributed by atoms with Crippen LogP contribution in [0.15, 0.2) is 48.7 Å². The van der Waals surface area contributed by atoms with E-state index >= 15 is 0 Å². The highest BCUT2D eigenvalue weighted by atomic mass is 16.5. The predicted molar refractivity (Wildman–Crippen MR) is 121 cm³/mol. The quantitative estimate of drug-likeness (QED) is 0.634. The van der Waals surface area contributed by atoms with Crippen molar-refractivity contribution in [1.29, 1.82) is 0 Å². The molecule has 3 aliphatic rings. The Kier molecular flexibility index (Phi) is 5.64. The van der Waals surface area contributed by atoms with Crippen molar-refractivity contribution in [2.75, 3.05) is 13.7 Å². The first kappa shape index (κ1) is 21.6. The maximum atomic E-state index is 13.8. The number of rotatable bonds is 6. The number of piperidine rings is 1. The topological polar surface area (TPSA) is 79.8 Å². The molecular weight excluding hydrogens is 418 g/mol. The molecule has 1 saturated carbocycles. The van der Waals surface area contributed by atoms with Crippen molar-refractivity contribution in [3.63, 3.8) is 0 Å². The number of pyridine rings is 1. The third-order valence-corrected chi connectivity index (χ3v) is 7.21. The molecule has 5 rings (SSSR count). The summed E-state index contributed by atoms with van der Waals surface area (Å²) < 4.78 is 5.28. The van der Waals surface area contributed by atoms with Gasteiger partial charge in [0.05, 0.1) is 24.3 Å². The van der Waals surface area contributed by atoms with Gasteiger partial charge < -0.3 is 9.64 Å². The molecule has 0 N–H and O–H groups in total. The number of amides is 3. The van der Waals surface area contributed by atoms with Gasteiger partial charge >= 0.3 is 0 Å². The highest BCUT2D eigenvalue weighted by Crippen LogP contribution is 2.45. The van der Waals surface area contributed by atoms with Gasteiger partial charge in [-0.05, 0) is 61.9 Å². The molecular formula is C26H29N3O4. The van der Waals surface area contributed by atoms with Crippen molar-refractivity contribution in [1.82, 2.24) is 14.8 Å². The third-order valence-electron chi connectivity index (χ3n) is 7.21. The normalized spacial score (nSPS) is 25.4. The molecule has 0 radical (unpaired) electrons. The first-order chi connectivity index (χ1) is 16.0. The lowest BCUT2D eigenvalue weighted by Crippen LogP contribution is -2.46. The summed E-state index contributed by atoms with van der Waals surface area (Å²) >= 11 is 0. The van der Waals surface area contributed by atoms with Crippen LogP contribution >= 0.6 is 0 Å². The Hall–Kier alpha value is -3.22. The van der Waals surface area contributed by atoms with Gasteiger partial charge in [0.25, 0.3) is 0 Å². The predicted octanol–water partition coefficient (Wildman–Crippen LogP) is 3.39. The lowest BCUT2D eigenvalue weighted by molar-refractivity contribution is -0.144. The number of nitrogens with zero attached hydrogens (tertiary/aromatic N) is 3. The van der Waals surface area contributed by atoms with E-state index in [9.17, 15) is 14.4 Å². The summed E-state index contributed by atoms with van der Waals surface area (Å²) in [6.45, 7) is 0.632. The van der Waals surface area contributed by atoms with Crippen molar-refractivity contribution in [3.05, 3.63) is 59.9 Å². The molecule has 1 aromatic heterocycles. The zero-order chi connectivity index (χ0) is 23.0. The van der Waals surface area contributed by atoms with Crippen LogP contribution in [0.5, 0.6) is 5.75 Å². The first-order valence-electron chi connectivity index (χ1n) is 11.7. The molecule has 33 heavy (non-hydrogen) atoms. The molecule has 0 bridgehead atoms. The molecule has 2 atom stereocenters. The maximum absolute atomic E-state index is 13.8. The fraction of sp³-hybridized carbons (Fsp3) is 0.462. The Bertz CT molecular complexity index is 1050. The number of carbonyl (C=O) groups excluding carboxylic acids is 3. The van der Waals surface area contributed by atoms with Crippen LogP contribution in [-0.2, 0) is 19.8 Å². The Morgan fingerprint density at radius 2 is 1.88 bits per heavy atom. The van der Waals surface area contributed by atoms with E-state index in [1.165, 1.54) is 4.90 Å². The van der Waals surface area contributed by atoms with Gasteiger partial charge in [-0.2, -0.15) is 0 Å². The zero-order valence-electron chi connectivity index (χ0n) is 18.9. The van der Waals surface area contributed by atoms with Gasteiger partial charge in [0, 0.05) is 31.6 Å². The average Bonchev–Trinajstić information content (AvgIpc) is 3.65. The molecule has 2 aliphatic heterocycles. The summed E-state index contributed by atoms with van der Waals surface area (Å²) in [6, 6.07) is 12.9. The molecule has 2 aromatic rings. The standard InChI is InChI=1S/C26H29N3O4/c1-33-20-12-8-18(9-13-20)26(17-24(31)29(25(26)32)19-10-11-19)16-23(30)28-15-5-3-7-22(28)21-6-2-4-14-27-21/h2,4,6,8-9,12-14,19,22H,3,5,7,10-11,15-17H2,1H3. The second-order valence-electron chi connectivity index (χ2n) is 9.32. The van der Waals surface area contributed by atoms with Crippen molar-refractivity contribution in [2.24, 2.45) is 0 Å². The highest BCUT2D eigenvalue weighted by Gasteiger charge is 2.57. The van der Waals surface area contributed by atoms with E-state index in [2.05, 4.69) is 4.98 Å². The monoisotopic (exact) mass is 447 g/mol. The number of hydrogen-bond acceptors (Lipinski definition) is 5. The average molecular weight is 448 g/mol. The van der Waals surface area contributed by atoms with Crippen LogP contribution in [0.3, 0.4) is 0 Å². The Morgan fingerprint density at radius 3 is 2.55 bits per heavy atom. The fourth-order valence-electron chi connectivity index (χ4n) is 5.31. The summed E-state index contributed by atoms with van der Waals surface area (Å²) in [7, 11) is 1.58. The van der Waals surface area contributed by atoms with E-state index in [0.717, 1.165) is 37.8 Å². The minimum atomic E-state index is -1.17. The van der Waals surface area contributed by atoms with Crippen LogP contribution in [0, 0.1) is 0 Å². The third kappa shape index (κ3) is 3.90. The molecule has 172 valence electrons. The Labute approximate surface area is 193 Å². The van der Waals surface area contributed by atoms with Crippen LogP contribution in [0.2, 0.25) is 0 Å². The molecule has 2 saturated heterocycles. The summed E-state index contributed by atoms with van der Waals surface area (Å²) in [5.74, 6) is 0.160. The number of aromatic nitrogens is 1. The summed E-state index contributed by atoms with van der Waals surface area (Å²) in [4.78, 5) is 48.3. The van der Waals surface area contributed by atoms with Crippen molar-refractivity contribution < 1.29 is 19.1 Å². The van der Waals surface area contributed by atoms with Crippen molar-refractivity contribution in [3.8, 4) is 5.75 Å². The molecule has 7 nitrogen and oxygen atoms in total. The van der Waals surface area contributed by atoms with Gasteiger partial charge in [-0.1, -0.05) is 18.2 Å². The van der Waals surface area contributed by atoms with E-state index in [1.54, 1.807) is 25.4 Å². The van der Waals surface area contributed by atoms with Crippen LogP contribution in [0.4, 0.5) is 0 Å². The lowest BCUT2D eigenvalue weighted by Gasteiger charge is -2.38. The van der Waals surface area contributed by atoms with Gasteiger partial charge in [0.2, 0.25) is 17.7 Å². The van der Waals surface area contributed by atoms with E-state index in [4.69, 9.17) is 4.74 Å². The fourth-order valence-corrected chi connectivity index (χ4v) is 5.31. The number of carbonyl (C=O) groups is 3. The molecule has 0 spiro atoms. The number of imide groups is 1. The second-order valence-corrected chi connectivity index (χ2v) is 9.32. The number of ether oxygens (including phenoxy) is 1. The van der Waals surface area contributed by atoms with Gasteiger partial charge in [-0.25, -0.2) is 0 Å². The van der Waals surface area contributed by atoms with Crippen molar-refractivity contribution >= 4 is 17.7 Å². The number of methoxy groups -OCH3 is 1. The van der Waals surface area contributed by atoms with Gasteiger partial charge in [0.1, 0.15) is 5.75 Å². The van der Waals surface area contributed by atoms with E-state index < -0.39 is 5.41 Å². The van der Waals surface area contributed by atoms with Crippen LogP contribution in [-0.4, -0.2) is 52.2 Å². The maximum Gasteiger partial charge on any atom is 0.241 e. The largest absolute Gasteiger partial charge is 0.497 e. The molecule has 2 unspecified atom stereocenters. The van der Waals surface area contributed by atoms with Crippen LogP contribution in [0.25, 0.3) is 0 Å². The van der Waals surface area contributed by atoms with E-state index in [-0.39, 0.29) is 42.6 Å². The second kappa shape index (κ2) is 8.61. The number of hydrogen-bond donors (Lipinski definition) is 0. The van der Waals surface area contributed by atoms with E-state index in [1.807, 2.05) is 35.2 Å². The Balaban J connectivity index is 1.48. The molecule has 3 fully saturated rings. The molecule has 3 amide bonds. The molecule has 1 aliphatic carbocycles. The number of likely N-dealkylation sites (tertiary alicyclic amines) is 2. The summed E-state index contributed by atoms with van der Waals surface area (Å²) in [5, 5.41) is 0. The molecule has 1 aromatic carbocycles. The minimum Gasteiger partial charge on any atom is -0.497 e. The van der Waals surface area contributed by atoms with Gasteiger partial charge in [0.15, 0.2) is 0 Å². The zero-order valence-corrected chi connectivity index (χ0v) is 18.9. The molecule has 7 heteroatoms. The number of benzene rings is 1. The SMILES string of the molecule is COc1ccc(C2(CC(=O)N3CCCCC3c3ccccn3)CC(=O)N(C3CC3)C2=O)cc1. The van der Waals surface area contributed by atoms with Crippen molar-refractivity contribution in [2.45, 2.75) is 62.4 Å². The summed E-state index contributed by atoms with van der Waals surface area (Å²) in [6.07, 6.45) is 6.25. The smallest absolute Gasteiger partial charge is 0.241 e. The van der Waals surface area contributed by atoms with Gasteiger partial charge in [-0.3, -0.25) is 24.3 Å². The summed E-state index contributed by atoms with van der Waals surface area (Å²) in [5.41, 5.74) is 0.400. The highest BCUT2D eigenvalue weighted by molar-refractivity contribution is 6.11. The van der Waals surface area contributed by atoms with Crippen LogP contribution < -0.4 is 4.74 Å². The van der Waals surface area contributed by atoms with Gasteiger partial charge in [-0.15, -0.1) is 0 Å². The lowest BCUT2D eigenvalue weighted by atomic mass is 9.75.